The topological polar surface area (TPSA) is 32.3 Å². The molecule has 1 atom stereocenters. The van der Waals surface area contributed by atoms with Gasteiger partial charge in [-0.05, 0) is 79.0 Å². The highest BCUT2D eigenvalue weighted by Crippen LogP contribution is 2.35. The molecular formula is C23H31FN2O. The summed E-state index contributed by atoms with van der Waals surface area (Å²) in [6.45, 7) is 11.1. The number of carbonyl (C=O) groups excluding carboxylic acids is 1. The van der Waals surface area contributed by atoms with Crippen LogP contribution in [0.15, 0.2) is 35.6 Å². The lowest BCUT2D eigenvalue weighted by atomic mass is 9.89. The number of amides is 1. The van der Waals surface area contributed by atoms with Crippen molar-refractivity contribution in [3.8, 4) is 0 Å². The maximum absolute atomic E-state index is 13.6. The summed E-state index contributed by atoms with van der Waals surface area (Å²) in [5.41, 5.74) is 6.58. The van der Waals surface area contributed by atoms with E-state index in [0.29, 0.717) is 12.8 Å². The van der Waals surface area contributed by atoms with Crippen LogP contribution < -0.4 is 10.2 Å². The molecule has 1 heterocycles. The number of hydrogen-bond acceptors (Lipinski definition) is 2. The lowest BCUT2D eigenvalue weighted by molar-refractivity contribution is -0.117. The number of nitrogens with one attached hydrogen (secondary N) is 1. The van der Waals surface area contributed by atoms with Crippen molar-refractivity contribution in [1.82, 2.24) is 0 Å². The number of benzene rings is 1. The first-order valence-corrected chi connectivity index (χ1v) is 9.86. The molecule has 27 heavy (non-hydrogen) atoms. The van der Waals surface area contributed by atoms with Crippen LogP contribution in [0.4, 0.5) is 15.8 Å². The third-order valence-corrected chi connectivity index (χ3v) is 5.22. The molecule has 1 aromatic carbocycles. The molecule has 0 spiro atoms. The van der Waals surface area contributed by atoms with Crippen LogP contribution in [0.2, 0.25) is 0 Å². The SMILES string of the molecule is Cc1cc(N2C=C3CCC(F)C=C3CC2)cc(C)c1NC(=O)CC(C)(C)C. The van der Waals surface area contributed by atoms with E-state index < -0.39 is 6.17 Å². The fourth-order valence-electron chi connectivity index (χ4n) is 3.92. The van der Waals surface area contributed by atoms with E-state index in [9.17, 15) is 9.18 Å². The van der Waals surface area contributed by atoms with E-state index in [1.54, 1.807) is 6.08 Å². The molecule has 0 aromatic heterocycles. The summed E-state index contributed by atoms with van der Waals surface area (Å²) in [5, 5.41) is 3.09. The average Bonchev–Trinajstić information content (AvgIpc) is 2.56. The number of anilines is 2. The van der Waals surface area contributed by atoms with Crippen LogP contribution in [0.5, 0.6) is 0 Å². The molecule has 4 heteroatoms. The number of nitrogens with zero attached hydrogens (tertiary/aromatic N) is 1. The lowest BCUT2D eigenvalue weighted by Gasteiger charge is -2.32. The molecule has 146 valence electrons. The third-order valence-electron chi connectivity index (χ3n) is 5.22. The smallest absolute Gasteiger partial charge is 0.224 e. The quantitative estimate of drug-likeness (QED) is 0.726. The molecule has 1 amide bonds. The van der Waals surface area contributed by atoms with Gasteiger partial charge < -0.3 is 10.2 Å². The van der Waals surface area contributed by atoms with E-state index in [2.05, 4.69) is 49.3 Å². The van der Waals surface area contributed by atoms with Gasteiger partial charge in [-0.25, -0.2) is 4.39 Å². The van der Waals surface area contributed by atoms with E-state index in [-0.39, 0.29) is 11.3 Å². The number of hydrogen-bond donors (Lipinski definition) is 1. The van der Waals surface area contributed by atoms with Crippen LogP contribution in [-0.2, 0) is 4.79 Å². The number of rotatable bonds is 3. The van der Waals surface area contributed by atoms with Gasteiger partial charge in [0.25, 0.3) is 0 Å². The molecular weight excluding hydrogens is 339 g/mol. The molecule has 1 aliphatic heterocycles. The van der Waals surface area contributed by atoms with Crippen LogP contribution in [0.3, 0.4) is 0 Å². The van der Waals surface area contributed by atoms with Crippen LogP contribution in [-0.4, -0.2) is 18.6 Å². The molecule has 3 nitrogen and oxygen atoms in total. The number of carbonyl (C=O) groups is 1. The molecule has 1 aromatic rings. The van der Waals surface area contributed by atoms with Crippen molar-refractivity contribution in [2.24, 2.45) is 5.41 Å². The van der Waals surface area contributed by atoms with Gasteiger partial charge in [0, 0.05) is 30.5 Å². The van der Waals surface area contributed by atoms with Gasteiger partial charge in [0.1, 0.15) is 6.17 Å². The Hall–Kier alpha value is -2.10. The molecule has 2 aliphatic rings. The average molecular weight is 371 g/mol. The monoisotopic (exact) mass is 370 g/mol. The summed E-state index contributed by atoms with van der Waals surface area (Å²) >= 11 is 0. The van der Waals surface area contributed by atoms with Crippen molar-refractivity contribution in [1.29, 1.82) is 0 Å². The van der Waals surface area contributed by atoms with E-state index >= 15 is 0 Å². The van der Waals surface area contributed by atoms with Gasteiger partial charge in [-0.3, -0.25) is 4.79 Å². The van der Waals surface area contributed by atoms with Crippen LogP contribution in [0.25, 0.3) is 0 Å². The van der Waals surface area contributed by atoms with Gasteiger partial charge in [0.15, 0.2) is 0 Å². The van der Waals surface area contributed by atoms with Crippen molar-refractivity contribution < 1.29 is 9.18 Å². The maximum atomic E-state index is 13.6. The third kappa shape index (κ3) is 4.79. The first kappa shape index (κ1) is 19.7. The number of fused-ring (bicyclic) bond motifs is 1. The normalized spacial score (nSPS) is 19.9. The number of allylic oxidation sites excluding steroid dienone is 2. The van der Waals surface area contributed by atoms with Gasteiger partial charge in [0.2, 0.25) is 5.91 Å². The highest BCUT2D eigenvalue weighted by molar-refractivity contribution is 5.93. The molecule has 1 unspecified atom stereocenters. The number of halogens is 1. The lowest BCUT2D eigenvalue weighted by Crippen LogP contribution is -2.26. The van der Waals surface area contributed by atoms with Gasteiger partial charge >= 0.3 is 0 Å². The van der Waals surface area contributed by atoms with Crippen molar-refractivity contribution in [2.45, 2.75) is 66.5 Å². The summed E-state index contributed by atoms with van der Waals surface area (Å²) in [6, 6.07) is 4.26. The Kier molecular flexibility index (Phi) is 5.45. The largest absolute Gasteiger partial charge is 0.347 e. The highest BCUT2D eigenvalue weighted by atomic mass is 19.1. The van der Waals surface area contributed by atoms with Crippen molar-refractivity contribution in [2.75, 3.05) is 16.8 Å². The van der Waals surface area contributed by atoms with Crippen molar-refractivity contribution in [3.05, 3.63) is 46.7 Å². The number of aryl methyl sites for hydroxylation is 2. The zero-order chi connectivity index (χ0) is 19.8. The van der Waals surface area contributed by atoms with Crippen LogP contribution >= 0.6 is 0 Å². The van der Waals surface area contributed by atoms with Crippen LogP contribution in [0.1, 0.15) is 57.6 Å². The Morgan fingerprint density at radius 3 is 2.48 bits per heavy atom. The summed E-state index contributed by atoms with van der Waals surface area (Å²) in [7, 11) is 0. The van der Waals surface area contributed by atoms with E-state index in [1.807, 2.05) is 13.8 Å². The van der Waals surface area contributed by atoms with E-state index in [1.165, 1.54) is 11.1 Å². The molecule has 0 bridgehead atoms. The van der Waals surface area contributed by atoms with Gasteiger partial charge in [-0.1, -0.05) is 20.8 Å². The summed E-state index contributed by atoms with van der Waals surface area (Å²) in [5.74, 6) is 0.0549. The Labute approximate surface area is 162 Å². The number of alkyl halides is 1. The van der Waals surface area contributed by atoms with Gasteiger partial charge in [-0.2, -0.15) is 0 Å². The van der Waals surface area contributed by atoms with Crippen molar-refractivity contribution in [3.63, 3.8) is 0 Å². The van der Waals surface area contributed by atoms with E-state index in [4.69, 9.17) is 0 Å². The van der Waals surface area contributed by atoms with Crippen molar-refractivity contribution >= 4 is 17.3 Å². The predicted octanol–water partition coefficient (Wildman–Crippen LogP) is 5.83. The second-order valence-electron chi connectivity index (χ2n) is 9.08. The second kappa shape index (κ2) is 7.49. The van der Waals surface area contributed by atoms with Gasteiger partial charge in [0.05, 0.1) is 0 Å². The standard InChI is InChI=1S/C23H31FN2O/c1-15-10-20(11-16(2)22(15)25-21(27)13-23(3,4)5)26-9-8-17-12-19(24)7-6-18(17)14-26/h10-12,14,19H,6-9,13H2,1-5H3,(H,25,27). The second-order valence-corrected chi connectivity index (χ2v) is 9.08. The summed E-state index contributed by atoms with van der Waals surface area (Å²) in [4.78, 5) is 14.6. The Morgan fingerprint density at radius 1 is 1.19 bits per heavy atom. The zero-order valence-corrected chi connectivity index (χ0v) is 17.2. The minimum Gasteiger partial charge on any atom is -0.347 e. The Morgan fingerprint density at radius 2 is 1.85 bits per heavy atom. The summed E-state index contributed by atoms with van der Waals surface area (Å²) < 4.78 is 13.6. The predicted molar refractivity (Wildman–Crippen MR) is 111 cm³/mol. The molecule has 0 fully saturated rings. The first-order chi connectivity index (χ1) is 12.6. The Balaban J connectivity index is 1.80. The van der Waals surface area contributed by atoms with E-state index in [0.717, 1.165) is 41.9 Å². The zero-order valence-electron chi connectivity index (χ0n) is 17.2. The maximum Gasteiger partial charge on any atom is 0.224 e. The Bertz CT molecular complexity index is 778. The molecule has 1 aliphatic carbocycles. The molecule has 3 rings (SSSR count). The molecule has 0 saturated carbocycles. The minimum absolute atomic E-state index is 0.0321. The molecule has 0 saturated heterocycles. The first-order valence-electron chi connectivity index (χ1n) is 9.86. The minimum atomic E-state index is -0.788. The fourth-order valence-corrected chi connectivity index (χ4v) is 3.92. The van der Waals surface area contributed by atoms with Gasteiger partial charge in [-0.15, -0.1) is 0 Å². The molecule has 1 N–H and O–H groups in total. The highest BCUT2D eigenvalue weighted by Gasteiger charge is 2.23. The molecule has 0 radical (unpaired) electrons. The summed E-state index contributed by atoms with van der Waals surface area (Å²) in [6.07, 6.45) is 5.95. The fraction of sp³-hybridized carbons (Fsp3) is 0.522. The van der Waals surface area contributed by atoms with Crippen LogP contribution in [0, 0.1) is 19.3 Å².